The number of hydrazone groups is 1. The summed E-state index contributed by atoms with van der Waals surface area (Å²) in [5.74, 6) is -0.777. The normalized spacial score (nSPS) is 16.8. The number of nitrogens with one attached hydrogen (secondary N) is 1. The molecule has 1 N–H and O–H groups in total. The first kappa shape index (κ1) is 31.9. The minimum absolute atomic E-state index is 0.00668. The van der Waals surface area contributed by atoms with Crippen molar-refractivity contribution in [2.75, 3.05) is 19.6 Å². The van der Waals surface area contributed by atoms with E-state index in [2.05, 4.69) is 10.5 Å². The van der Waals surface area contributed by atoms with Crippen molar-refractivity contribution in [2.45, 2.75) is 29.7 Å². The highest BCUT2D eigenvalue weighted by atomic mass is 35.5. The smallest absolute Gasteiger partial charge is 0.259 e. The third-order valence-corrected chi connectivity index (χ3v) is 12.0. The number of piperazine rings is 1. The number of hydrogen-bond donors (Lipinski definition) is 1. The van der Waals surface area contributed by atoms with Crippen LogP contribution in [0.15, 0.2) is 99.8 Å². The highest BCUT2D eigenvalue weighted by Gasteiger charge is 2.43. The molecule has 0 saturated carbocycles. The van der Waals surface area contributed by atoms with Crippen LogP contribution in [0.5, 0.6) is 0 Å². The van der Waals surface area contributed by atoms with Crippen molar-refractivity contribution in [3.63, 3.8) is 0 Å². The lowest BCUT2D eigenvalue weighted by molar-refractivity contribution is -0.125. The minimum atomic E-state index is -4.14. The van der Waals surface area contributed by atoms with Crippen LogP contribution in [-0.2, 0) is 24.8 Å². The molecule has 5 rings (SSSR count). The van der Waals surface area contributed by atoms with Crippen molar-refractivity contribution in [1.82, 2.24) is 18.6 Å². The van der Waals surface area contributed by atoms with Crippen LogP contribution in [0.1, 0.15) is 17.0 Å². The van der Waals surface area contributed by atoms with E-state index in [9.17, 15) is 21.6 Å². The molecule has 44 heavy (non-hydrogen) atoms. The van der Waals surface area contributed by atoms with E-state index in [1.165, 1.54) is 30.5 Å². The summed E-state index contributed by atoms with van der Waals surface area (Å²) in [5, 5.41) is 4.91. The first-order chi connectivity index (χ1) is 20.9. The standard InChI is InChI=1S/C30H29Cl2N5O5S2/c1-21-18-23(22(2)37(21)27-15-9-14-26(31)29(27)32)19-33-34-30(38)28-20-35(43(39,40)24-10-5-3-6-11-24)16-17-36(28)44(41,42)25-12-7-4-8-13-25/h3-15,18-19,28H,16-17,20H2,1-2H3,(H,34,38)/b33-19-/t28-/m0/s1. The molecule has 0 unspecified atom stereocenters. The molecule has 1 aliphatic heterocycles. The Morgan fingerprint density at radius 3 is 2.11 bits per heavy atom. The highest BCUT2D eigenvalue weighted by molar-refractivity contribution is 7.89. The quantitative estimate of drug-likeness (QED) is 0.216. The van der Waals surface area contributed by atoms with E-state index in [0.717, 1.165) is 20.0 Å². The SMILES string of the molecule is Cc1cc(/C=N\NC(=O)[C@@H]2CN(S(=O)(=O)c3ccccc3)CCN2S(=O)(=O)c2ccccc2)c(C)n1-c1cccc(Cl)c1Cl. The van der Waals surface area contributed by atoms with Gasteiger partial charge >= 0.3 is 0 Å². The van der Waals surface area contributed by atoms with Crippen molar-refractivity contribution in [3.8, 4) is 5.69 Å². The molecule has 0 aliphatic carbocycles. The van der Waals surface area contributed by atoms with Gasteiger partial charge in [-0.1, -0.05) is 65.7 Å². The molecule has 1 aliphatic rings. The number of benzene rings is 3. The molecule has 3 aromatic carbocycles. The Morgan fingerprint density at radius 1 is 0.864 bits per heavy atom. The lowest BCUT2D eigenvalue weighted by Crippen LogP contribution is -2.60. The average molecular weight is 675 g/mol. The second-order valence-corrected chi connectivity index (χ2v) is 14.7. The van der Waals surface area contributed by atoms with Gasteiger partial charge in [0.1, 0.15) is 6.04 Å². The maximum absolute atomic E-state index is 13.6. The summed E-state index contributed by atoms with van der Waals surface area (Å²) in [6, 6.07) is 21.3. The molecule has 1 amide bonds. The predicted molar refractivity (Wildman–Crippen MR) is 170 cm³/mol. The minimum Gasteiger partial charge on any atom is -0.316 e. The fraction of sp³-hybridized carbons (Fsp3) is 0.200. The van der Waals surface area contributed by atoms with E-state index in [1.807, 2.05) is 30.5 Å². The number of halogens is 2. The zero-order valence-electron chi connectivity index (χ0n) is 23.8. The average Bonchev–Trinajstić information content (AvgIpc) is 3.31. The molecule has 0 bridgehead atoms. The van der Waals surface area contributed by atoms with Crippen LogP contribution < -0.4 is 5.43 Å². The van der Waals surface area contributed by atoms with Gasteiger partial charge in [0.05, 0.1) is 31.7 Å². The van der Waals surface area contributed by atoms with Gasteiger partial charge in [0.2, 0.25) is 20.0 Å². The maximum atomic E-state index is 13.6. The van der Waals surface area contributed by atoms with Gasteiger partial charge in [0, 0.05) is 36.6 Å². The zero-order valence-corrected chi connectivity index (χ0v) is 26.9. The van der Waals surface area contributed by atoms with E-state index in [0.29, 0.717) is 21.3 Å². The number of carbonyl (C=O) groups is 1. The molecule has 1 saturated heterocycles. The number of nitrogens with zero attached hydrogens (tertiary/aromatic N) is 4. The van der Waals surface area contributed by atoms with Gasteiger partial charge in [-0.25, -0.2) is 22.3 Å². The van der Waals surface area contributed by atoms with E-state index in [4.69, 9.17) is 23.2 Å². The van der Waals surface area contributed by atoms with Gasteiger partial charge in [0.15, 0.2) is 0 Å². The van der Waals surface area contributed by atoms with Crippen molar-refractivity contribution in [2.24, 2.45) is 5.10 Å². The summed E-state index contributed by atoms with van der Waals surface area (Å²) in [6.07, 6.45) is 1.44. The lowest BCUT2D eigenvalue weighted by atomic mass is 10.2. The summed E-state index contributed by atoms with van der Waals surface area (Å²) < 4.78 is 58.1. The van der Waals surface area contributed by atoms with Crippen LogP contribution in [0.3, 0.4) is 0 Å². The van der Waals surface area contributed by atoms with Crippen LogP contribution in [0.25, 0.3) is 5.69 Å². The number of carbonyl (C=O) groups excluding carboxylic acids is 1. The van der Waals surface area contributed by atoms with Crippen LogP contribution >= 0.6 is 23.2 Å². The van der Waals surface area contributed by atoms with Gasteiger partial charge < -0.3 is 4.57 Å². The fourth-order valence-corrected chi connectivity index (χ4v) is 8.55. The predicted octanol–water partition coefficient (Wildman–Crippen LogP) is 4.62. The van der Waals surface area contributed by atoms with Gasteiger partial charge in [0.25, 0.3) is 5.91 Å². The summed E-state index contributed by atoms with van der Waals surface area (Å²) in [5.41, 5.74) is 5.40. The molecule has 0 spiro atoms. The Hall–Kier alpha value is -3.52. The van der Waals surface area contributed by atoms with E-state index in [1.54, 1.807) is 48.5 Å². The van der Waals surface area contributed by atoms with E-state index in [-0.39, 0.29) is 22.9 Å². The molecule has 4 aromatic rings. The molecule has 2 heterocycles. The van der Waals surface area contributed by atoms with Gasteiger partial charge in [-0.3, -0.25) is 4.79 Å². The second kappa shape index (κ2) is 12.8. The molecule has 14 heteroatoms. The summed E-state index contributed by atoms with van der Waals surface area (Å²) >= 11 is 12.7. The number of hydrogen-bond acceptors (Lipinski definition) is 6. The van der Waals surface area contributed by atoms with E-state index >= 15 is 0 Å². The Balaban J connectivity index is 1.43. The molecule has 230 valence electrons. The Kier molecular flexibility index (Phi) is 9.30. The number of amides is 1. The maximum Gasteiger partial charge on any atom is 0.259 e. The highest BCUT2D eigenvalue weighted by Crippen LogP contribution is 2.31. The zero-order chi connectivity index (χ0) is 31.6. The summed E-state index contributed by atoms with van der Waals surface area (Å²) in [7, 11) is -8.14. The van der Waals surface area contributed by atoms with Crippen molar-refractivity contribution < 1.29 is 21.6 Å². The van der Waals surface area contributed by atoms with E-state index < -0.39 is 38.5 Å². The molecular weight excluding hydrogens is 645 g/mol. The number of rotatable bonds is 8. The number of aryl methyl sites for hydroxylation is 1. The largest absolute Gasteiger partial charge is 0.316 e. The first-order valence-corrected chi connectivity index (χ1v) is 17.1. The molecule has 0 radical (unpaired) electrons. The molecule has 1 aromatic heterocycles. The molecular formula is C30H29Cl2N5O5S2. The molecule has 1 atom stereocenters. The third-order valence-electron chi connectivity index (χ3n) is 7.35. The van der Waals surface area contributed by atoms with Crippen LogP contribution in [0, 0.1) is 13.8 Å². The summed E-state index contributed by atoms with van der Waals surface area (Å²) in [6.45, 7) is 2.98. The Morgan fingerprint density at radius 2 is 1.48 bits per heavy atom. The molecule has 10 nitrogen and oxygen atoms in total. The fourth-order valence-electron chi connectivity index (χ4n) is 5.12. The molecule has 1 fully saturated rings. The second-order valence-electron chi connectivity index (χ2n) is 10.1. The van der Waals surface area contributed by atoms with Crippen LogP contribution in [-0.4, -0.2) is 67.8 Å². The van der Waals surface area contributed by atoms with Gasteiger partial charge in [-0.05, 0) is 56.3 Å². The third kappa shape index (κ3) is 6.19. The first-order valence-electron chi connectivity index (χ1n) is 13.5. The van der Waals surface area contributed by atoms with Crippen LogP contribution in [0.4, 0.5) is 0 Å². The lowest BCUT2D eigenvalue weighted by Gasteiger charge is -2.38. The Labute approximate surface area is 266 Å². The van der Waals surface area contributed by atoms with Gasteiger partial charge in [-0.15, -0.1) is 0 Å². The van der Waals surface area contributed by atoms with Crippen molar-refractivity contribution in [3.05, 3.63) is 112 Å². The van der Waals surface area contributed by atoms with Crippen molar-refractivity contribution >= 4 is 55.4 Å². The number of aromatic nitrogens is 1. The van der Waals surface area contributed by atoms with Gasteiger partial charge in [-0.2, -0.15) is 13.7 Å². The van der Waals surface area contributed by atoms with Crippen LogP contribution in [0.2, 0.25) is 10.0 Å². The number of sulfonamides is 2. The van der Waals surface area contributed by atoms with Crippen molar-refractivity contribution in [1.29, 1.82) is 0 Å². The monoisotopic (exact) mass is 673 g/mol. The summed E-state index contributed by atoms with van der Waals surface area (Å²) in [4.78, 5) is 13.6. The topological polar surface area (TPSA) is 121 Å². The Bertz CT molecular complexity index is 1930.